The molecule has 0 aromatic carbocycles. The summed E-state index contributed by atoms with van der Waals surface area (Å²) < 4.78 is 0. The highest BCUT2D eigenvalue weighted by Gasteiger charge is 2.05. The molecule has 0 aliphatic heterocycles. The summed E-state index contributed by atoms with van der Waals surface area (Å²) in [5.41, 5.74) is 5.08. The van der Waals surface area contributed by atoms with E-state index in [1.807, 2.05) is 0 Å². The van der Waals surface area contributed by atoms with Crippen LogP contribution in [0.2, 0.25) is 0 Å². The van der Waals surface area contributed by atoms with Crippen molar-refractivity contribution in [2.45, 2.75) is 58.1 Å². The summed E-state index contributed by atoms with van der Waals surface area (Å²) in [4.78, 5) is 11.0. The Hall–Kier alpha value is -0.410. The molecule has 1 unspecified atom stereocenters. The third-order valence-electron chi connectivity index (χ3n) is 2.00. The lowest BCUT2D eigenvalue weighted by atomic mass is 10.1. The predicted octanol–water partition coefficient (Wildman–Crippen LogP) is 1.58. The molecule has 1 atom stereocenters. The zero-order valence-electron chi connectivity index (χ0n) is 8.46. The number of aliphatic hydroxyl groups is 1. The van der Waals surface area contributed by atoms with Crippen LogP contribution in [0.1, 0.15) is 51.9 Å². The summed E-state index contributed by atoms with van der Waals surface area (Å²) >= 11 is 0. The summed E-state index contributed by atoms with van der Waals surface area (Å²) in [6.07, 6.45) is 5.42. The topological polar surface area (TPSA) is 63.3 Å². The second-order valence-corrected chi connectivity index (χ2v) is 3.47. The molecule has 3 nitrogen and oxygen atoms in total. The lowest BCUT2D eigenvalue weighted by Gasteiger charge is -2.03. The molecule has 0 fully saturated rings. The number of hydrogen-bond acceptors (Lipinski definition) is 3. The van der Waals surface area contributed by atoms with Crippen molar-refractivity contribution in [1.82, 2.24) is 0 Å². The third-order valence-corrected chi connectivity index (χ3v) is 2.00. The predicted molar refractivity (Wildman–Crippen MR) is 53.2 cm³/mol. The Morgan fingerprint density at radius 3 is 2.46 bits per heavy atom. The van der Waals surface area contributed by atoms with Gasteiger partial charge in [-0.05, 0) is 6.42 Å². The molecule has 3 heteroatoms. The molecule has 0 saturated heterocycles. The molecular weight excluding hydrogens is 166 g/mol. The van der Waals surface area contributed by atoms with Crippen molar-refractivity contribution in [2.24, 2.45) is 5.73 Å². The van der Waals surface area contributed by atoms with Gasteiger partial charge in [-0.3, -0.25) is 4.79 Å². The number of rotatable bonds is 8. The van der Waals surface area contributed by atoms with Crippen LogP contribution >= 0.6 is 0 Å². The summed E-state index contributed by atoms with van der Waals surface area (Å²) in [5, 5.41) is 8.72. The van der Waals surface area contributed by atoms with E-state index >= 15 is 0 Å². The van der Waals surface area contributed by atoms with Crippen molar-refractivity contribution < 1.29 is 9.90 Å². The van der Waals surface area contributed by atoms with Crippen LogP contribution in [0.25, 0.3) is 0 Å². The number of carbonyl (C=O) groups excluding carboxylic acids is 1. The van der Waals surface area contributed by atoms with E-state index in [2.05, 4.69) is 6.92 Å². The Kier molecular flexibility index (Phi) is 7.94. The van der Waals surface area contributed by atoms with E-state index in [4.69, 9.17) is 10.8 Å². The van der Waals surface area contributed by atoms with Crippen LogP contribution < -0.4 is 5.73 Å². The minimum Gasteiger partial charge on any atom is -0.378 e. The normalized spacial score (nSPS) is 12.8. The van der Waals surface area contributed by atoms with Crippen LogP contribution in [-0.4, -0.2) is 17.1 Å². The van der Waals surface area contributed by atoms with E-state index in [1.165, 1.54) is 19.3 Å². The molecular formula is C10H21NO2. The fraction of sp³-hybridized carbons (Fsp3) is 0.900. The van der Waals surface area contributed by atoms with Crippen molar-refractivity contribution in [3.05, 3.63) is 0 Å². The fourth-order valence-corrected chi connectivity index (χ4v) is 1.26. The van der Waals surface area contributed by atoms with Gasteiger partial charge in [-0.1, -0.05) is 32.6 Å². The molecule has 0 rings (SSSR count). The highest BCUT2D eigenvalue weighted by molar-refractivity contribution is 5.78. The Bertz CT molecular complexity index is 135. The Morgan fingerprint density at radius 1 is 1.31 bits per heavy atom. The van der Waals surface area contributed by atoms with Crippen molar-refractivity contribution in [3.63, 3.8) is 0 Å². The van der Waals surface area contributed by atoms with Crippen LogP contribution in [-0.2, 0) is 4.79 Å². The van der Waals surface area contributed by atoms with Gasteiger partial charge in [0.25, 0.3) is 0 Å². The summed E-state index contributed by atoms with van der Waals surface area (Å²) in [7, 11) is 0. The molecule has 0 amide bonds. The van der Waals surface area contributed by atoms with E-state index in [-0.39, 0.29) is 12.2 Å². The zero-order chi connectivity index (χ0) is 10.1. The lowest BCUT2D eigenvalue weighted by Crippen LogP contribution is -2.22. The van der Waals surface area contributed by atoms with E-state index in [1.54, 1.807) is 0 Å². The van der Waals surface area contributed by atoms with Crippen LogP contribution in [0.3, 0.4) is 0 Å². The summed E-state index contributed by atoms with van der Waals surface area (Å²) in [6, 6.07) is 0. The number of carbonyl (C=O) groups is 1. The number of hydrogen-bond donors (Lipinski definition) is 2. The van der Waals surface area contributed by atoms with Crippen LogP contribution in [0.15, 0.2) is 0 Å². The molecule has 0 aliphatic rings. The van der Waals surface area contributed by atoms with Gasteiger partial charge < -0.3 is 10.8 Å². The molecule has 0 aromatic rings. The zero-order valence-corrected chi connectivity index (χ0v) is 8.46. The minimum atomic E-state index is -0.969. The fourth-order valence-electron chi connectivity index (χ4n) is 1.26. The molecule has 0 saturated carbocycles. The molecule has 78 valence electrons. The van der Waals surface area contributed by atoms with Crippen molar-refractivity contribution >= 4 is 5.78 Å². The Balaban J connectivity index is 3.17. The second kappa shape index (κ2) is 8.20. The Labute approximate surface area is 80.3 Å². The van der Waals surface area contributed by atoms with E-state index < -0.39 is 6.23 Å². The van der Waals surface area contributed by atoms with E-state index in [9.17, 15) is 4.79 Å². The first-order valence-corrected chi connectivity index (χ1v) is 5.12. The standard InChI is InChI=1S/C10H21NO2/c1-2-3-4-5-6-7-9(12)8-10(11)13/h10,13H,2-8,11H2,1H3. The average molecular weight is 187 g/mol. The maximum absolute atomic E-state index is 11.0. The molecule has 3 N–H and O–H groups in total. The lowest BCUT2D eigenvalue weighted by molar-refractivity contribution is -0.120. The van der Waals surface area contributed by atoms with Crippen LogP contribution in [0.5, 0.6) is 0 Å². The van der Waals surface area contributed by atoms with E-state index in [0.717, 1.165) is 12.8 Å². The van der Waals surface area contributed by atoms with Crippen molar-refractivity contribution in [3.8, 4) is 0 Å². The maximum atomic E-state index is 11.0. The maximum Gasteiger partial charge on any atom is 0.136 e. The van der Waals surface area contributed by atoms with Crippen LogP contribution in [0.4, 0.5) is 0 Å². The molecule has 0 radical (unpaired) electrons. The van der Waals surface area contributed by atoms with E-state index in [0.29, 0.717) is 6.42 Å². The number of nitrogens with two attached hydrogens (primary N) is 1. The van der Waals surface area contributed by atoms with Gasteiger partial charge in [0, 0.05) is 12.8 Å². The highest BCUT2D eigenvalue weighted by Crippen LogP contribution is 2.06. The van der Waals surface area contributed by atoms with Gasteiger partial charge in [-0.15, -0.1) is 0 Å². The first-order chi connectivity index (χ1) is 6.16. The number of Topliss-reactive ketones (excluding diaryl/α,β-unsaturated/α-hetero) is 1. The quantitative estimate of drug-likeness (QED) is 0.448. The van der Waals surface area contributed by atoms with Crippen molar-refractivity contribution in [2.75, 3.05) is 0 Å². The first kappa shape index (κ1) is 12.6. The smallest absolute Gasteiger partial charge is 0.136 e. The van der Waals surface area contributed by atoms with Crippen LogP contribution in [0, 0.1) is 0 Å². The van der Waals surface area contributed by atoms with Gasteiger partial charge in [-0.2, -0.15) is 0 Å². The molecule has 0 heterocycles. The van der Waals surface area contributed by atoms with Gasteiger partial charge in [0.2, 0.25) is 0 Å². The SMILES string of the molecule is CCCCCCCC(=O)CC(N)O. The molecule has 0 aliphatic carbocycles. The molecule has 0 bridgehead atoms. The average Bonchev–Trinajstić information content (AvgIpc) is 2.02. The Morgan fingerprint density at radius 2 is 1.92 bits per heavy atom. The third kappa shape index (κ3) is 9.50. The highest BCUT2D eigenvalue weighted by atomic mass is 16.3. The summed E-state index contributed by atoms with van der Waals surface area (Å²) in [6.45, 7) is 2.16. The minimum absolute atomic E-state index is 0.0755. The number of unbranched alkanes of at least 4 members (excludes halogenated alkanes) is 4. The largest absolute Gasteiger partial charge is 0.378 e. The molecule has 0 spiro atoms. The molecule has 0 aromatic heterocycles. The first-order valence-electron chi connectivity index (χ1n) is 5.12. The summed E-state index contributed by atoms with van der Waals surface area (Å²) in [5.74, 6) is 0.0755. The monoisotopic (exact) mass is 187 g/mol. The van der Waals surface area contributed by atoms with Gasteiger partial charge >= 0.3 is 0 Å². The number of aliphatic hydroxyl groups excluding tert-OH is 1. The van der Waals surface area contributed by atoms with Gasteiger partial charge in [0.15, 0.2) is 0 Å². The van der Waals surface area contributed by atoms with Gasteiger partial charge in [-0.25, -0.2) is 0 Å². The van der Waals surface area contributed by atoms with Gasteiger partial charge in [0.1, 0.15) is 12.0 Å². The van der Waals surface area contributed by atoms with Crippen molar-refractivity contribution in [1.29, 1.82) is 0 Å². The van der Waals surface area contributed by atoms with Gasteiger partial charge in [0.05, 0.1) is 0 Å². The number of ketones is 1. The molecule has 13 heavy (non-hydrogen) atoms. The second-order valence-electron chi connectivity index (χ2n) is 3.47.